The van der Waals surface area contributed by atoms with Crippen molar-refractivity contribution in [3.8, 4) is 0 Å². The zero-order valence-electron chi connectivity index (χ0n) is 16.3. The molecule has 9 nitrogen and oxygen atoms in total. The van der Waals surface area contributed by atoms with Gasteiger partial charge in [0.05, 0.1) is 16.5 Å². The average molecular weight is 416 g/mol. The van der Waals surface area contributed by atoms with Crippen LogP contribution in [0.3, 0.4) is 0 Å². The summed E-state index contributed by atoms with van der Waals surface area (Å²) in [4.78, 5) is 45.6. The summed E-state index contributed by atoms with van der Waals surface area (Å²) >= 11 is 0. The van der Waals surface area contributed by atoms with E-state index in [4.69, 9.17) is 0 Å². The summed E-state index contributed by atoms with van der Waals surface area (Å²) in [7, 11) is 0. The van der Waals surface area contributed by atoms with Gasteiger partial charge in [0, 0.05) is 30.1 Å². The maximum absolute atomic E-state index is 13.0. The van der Waals surface area contributed by atoms with Gasteiger partial charge in [0.2, 0.25) is 5.95 Å². The number of nitrogens with zero attached hydrogens (tertiary/aromatic N) is 4. The molecule has 0 aliphatic carbocycles. The molecule has 3 aromatic rings. The molecule has 1 atom stereocenters. The highest BCUT2D eigenvalue weighted by molar-refractivity contribution is 6.51. The van der Waals surface area contributed by atoms with Crippen LogP contribution in [0.15, 0.2) is 72.6 Å². The van der Waals surface area contributed by atoms with E-state index in [-0.39, 0.29) is 23.0 Å². The first-order valence-corrected chi connectivity index (χ1v) is 9.28. The molecule has 1 fully saturated rings. The van der Waals surface area contributed by atoms with E-state index in [9.17, 15) is 24.8 Å². The lowest BCUT2D eigenvalue weighted by atomic mass is 9.95. The molecule has 31 heavy (non-hydrogen) atoms. The molecule has 0 spiro atoms. The minimum atomic E-state index is -1.05. The Kier molecular flexibility index (Phi) is 5.00. The molecular weight excluding hydrogens is 400 g/mol. The number of nitro benzene ring substituents is 1. The van der Waals surface area contributed by atoms with Gasteiger partial charge in [0.15, 0.2) is 0 Å². The number of carbonyl (C=O) groups excluding carboxylic acids is 2. The van der Waals surface area contributed by atoms with Crippen LogP contribution >= 0.6 is 0 Å². The van der Waals surface area contributed by atoms with Gasteiger partial charge >= 0.3 is 5.91 Å². The van der Waals surface area contributed by atoms with Gasteiger partial charge in [-0.25, -0.2) is 9.97 Å². The van der Waals surface area contributed by atoms with Crippen LogP contribution < -0.4 is 4.90 Å². The van der Waals surface area contributed by atoms with Crippen molar-refractivity contribution in [2.24, 2.45) is 0 Å². The van der Waals surface area contributed by atoms with Gasteiger partial charge in [-0.2, -0.15) is 0 Å². The predicted octanol–water partition coefficient (Wildman–Crippen LogP) is 3.32. The third-order valence-electron chi connectivity index (χ3n) is 4.96. The molecular formula is C22H16N4O5. The van der Waals surface area contributed by atoms with E-state index in [1.54, 1.807) is 30.3 Å². The SMILES string of the molecule is Cc1ccc(C(O)=C2C(=O)C(=O)N(c3ncccn3)[C@@H]2c2ccc([N+](=O)[O-])cc2)cc1. The highest BCUT2D eigenvalue weighted by atomic mass is 16.6. The Morgan fingerprint density at radius 2 is 1.65 bits per heavy atom. The number of aryl methyl sites for hydroxylation is 1. The fourth-order valence-corrected chi connectivity index (χ4v) is 3.42. The number of rotatable bonds is 4. The fourth-order valence-electron chi connectivity index (χ4n) is 3.42. The Balaban J connectivity index is 1.92. The molecule has 2 aromatic carbocycles. The largest absolute Gasteiger partial charge is 0.507 e. The summed E-state index contributed by atoms with van der Waals surface area (Å²) in [5.74, 6) is -2.16. The predicted molar refractivity (Wildman–Crippen MR) is 111 cm³/mol. The number of nitro groups is 1. The smallest absolute Gasteiger partial charge is 0.302 e. The first-order valence-electron chi connectivity index (χ1n) is 9.28. The van der Waals surface area contributed by atoms with Crippen molar-refractivity contribution in [3.05, 3.63) is 99.4 Å². The molecule has 9 heteroatoms. The summed E-state index contributed by atoms with van der Waals surface area (Å²) in [6, 6.07) is 12.8. The van der Waals surface area contributed by atoms with Crippen LogP contribution in [0.1, 0.15) is 22.7 Å². The van der Waals surface area contributed by atoms with Crippen LogP contribution in [0, 0.1) is 17.0 Å². The minimum Gasteiger partial charge on any atom is -0.507 e. The number of hydrogen-bond donors (Lipinski definition) is 1. The minimum absolute atomic E-state index is 0.0177. The number of benzene rings is 2. The zero-order chi connectivity index (χ0) is 22.1. The van der Waals surface area contributed by atoms with Crippen LogP contribution in [0.2, 0.25) is 0 Å². The molecule has 1 saturated heterocycles. The van der Waals surface area contributed by atoms with Crippen molar-refractivity contribution in [2.75, 3.05) is 4.90 Å². The van der Waals surface area contributed by atoms with E-state index >= 15 is 0 Å². The number of non-ortho nitro benzene ring substituents is 1. The van der Waals surface area contributed by atoms with Crippen molar-refractivity contribution < 1.29 is 19.6 Å². The Hall–Kier alpha value is -4.40. The van der Waals surface area contributed by atoms with E-state index in [1.165, 1.54) is 36.7 Å². The highest BCUT2D eigenvalue weighted by Crippen LogP contribution is 2.41. The lowest BCUT2D eigenvalue weighted by Crippen LogP contribution is -2.31. The standard InChI is InChI=1S/C22H16N4O5/c1-13-3-5-15(6-4-13)19(27)17-18(14-7-9-16(10-8-14)26(30)31)25(21(29)20(17)28)22-23-11-2-12-24-22/h2-12,18,27H,1H3/t18-/m1/s1. The van der Waals surface area contributed by atoms with Crippen LogP contribution in [0.25, 0.3) is 5.76 Å². The third kappa shape index (κ3) is 3.52. The van der Waals surface area contributed by atoms with Gasteiger partial charge in [0.25, 0.3) is 11.5 Å². The normalized spacial score (nSPS) is 17.7. The van der Waals surface area contributed by atoms with Crippen molar-refractivity contribution in [1.29, 1.82) is 0 Å². The summed E-state index contributed by atoms with van der Waals surface area (Å²) in [6.07, 6.45) is 2.85. The maximum atomic E-state index is 13.0. The third-order valence-corrected chi connectivity index (χ3v) is 4.96. The number of hydrogen-bond acceptors (Lipinski definition) is 7. The molecule has 1 aromatic heterocycles. The van der Waals surface area contributed by atoms with Crippen molar-refractivity contribution in [2.45, 2.75) is 13.0 Å². The molecule has 4 rings (SSSR count). The fraction of sp³-hybridized carbons (Fsp3) is 0.0909. The highest BCUT2D eigenvalue weighted by Gasteiger charge is 2.48. The van der Waals surface area contributed by atoms with Gasteiger partial charge in [-0.05, 0) is 30.7 Å². The van der Waals surface area contributed by atoms with E-state index in [2.05, 4.69) is 9.97 Å². The quantitative estimate of drug-likeness (QED) is 0.227. The number of aliphatic hydroxyl groups excluding tert-OH is 1. The van der Waals surface area contributed by atoms with Gasteiger partial charge in [-0.1, -0.05) is 29.8 Å². The van der Waals surface area contributed by atoms with Gasteiger partial charge < -0.3 is 5.11 Å². The van der Waals surface area contributed by atoms with E-state index in [0.29, 0.717) is 11.1 Å². The van der Waals surface area contributed by atoms with E-state index in [1.807, 2.05) is 6.92 Å². The molecule has 0 unspecified atom stereocenters. The van der Waals surface area contributed by atoms with Crippen LogP contribution in [-0.4, -0.2) is 31.7 Å². The molecule has 1 aliphatic rings. The molecule has 0 saturated carbocycles. The van der Waals surface area contributed by atoms with Gasteiger partial charge in [0.1, 0.15) is 5.76 Å². The molecule has 0 radical (unpaired) electrons. The first kappa shape index (κ1) is 19.9. The zero-order valence-corrected chi connectivity index (χ0v) is 16.3. The lowest BCUT2D eigenvalue weighted by molar-refractivity contribution is -0.384. The van der Waals surface area contributed by atoms with E-state index < -0.39 is 22.7 Å². The number of amides is 1. The topological polar surface area (TPSA) is 127 Å². The first-order chi connectivity index (χ1) is 14.9. The van der Waals surface area contributed by atoms with Crippen molar-refractivity contribution in [3.63, 3.8) is 0 Å². The molecule has 0 bridgehead atoms. The number of aromatic nitrogens is 2. The molecule has 154 valence electrons. The Labute approximate surface area is 176 Å². The summed E-state index contributed by atoms with van der Waals surface area (Å²) < 4.78 is 0. The van der Waals surface area contributed by atoms with Crippen LogP contribution in [-0.2, 0) is 9.59 Å². The number of ketones is 1. The Morgan fingerprint density at radius 1 is 1.03 bits per heavy atom. The van der Waals surface area contributed by atoms with Crippen molar-refractivity contribution >= 4 is 29.1 Å². The molecule has 1 N–H and O–H groups in total. The number of anilines is 1. The Morgan fingerprint density at radius 3 is 2.23 bits per heavy atom. The van der Waals surface area contributed by atoms with Gasteiger partial charge in [-0.3, -0.25) is 24.6 Å². The van der Waals surface area contributed by atoms with E-state index in [0.717, 1.165) is 10.5 Å². The summed E-state index contributed by atoms with van der Waals surface area (Å²) in [6.45, 7) is 1.88. The van der Waals surface area contributed by atoms with Crippen LogP contribution in [0.5, 0.6) is 0 Å². The second kappa shape index (κ2) is 7.79. The number of carbonyl (C=O) groups is 2. The van der Waals surface area contributed by atoms with Gasteiger partial charge in [-0.15, -0.1) is 0 Å². The maximum Gasteiger partial charge on any atom is 0.302 e. The monoisotopic (exact) mass is 416 g/mol. The number of Topliss-reactive ketones (excluding diaryl/α,β-unsaturated/α-hetero) is 1. The van der Waals surface area contributed by atoms with Crippen LogP contribution in [0.4, 0.5) is 11.6 Å². The van der Waals surface area contributed by atoms with Crippen molar-refractivity contribution in [1.82, 2.24) is 9.97 Å². The summed E-state index contributed by atoms with van der Waals surface area (Å²) in [5.41, 5.74) is 1.43. The summed E-state index contributed by atoms with van der Waals surface area (Å²) in [5, 5.41) is 22.0. The second-order valence-electron chi connectivity index (χ2n) is 6.93. The number of aliphatic hydroxyl groups is 1. The lowest BCUT2D eigenvalue weighted by Gasteiger charge is -2.23. The second-order valence-corrected chi connectivity index (χ2v) is 6.93. The Bertz CT molecular complexity index is 1200. The average Bonchev–Trinajstić information content (AvgIpc) is 3.05. The molecule has 1 amide bonds. The molecule has 1 aliphatic heterocycles. The molecule has 2 heterocycles.